The maximum Gasteiger partial charge on any atom is 0.124 e. The fraction of sp³-hybridized carbons (Fsp3) is 0.538. The van der Waals surface area contributed by atoms with Crippen LogP contribution in [0.15, 0.2) is 18.2 Å². The van der Waals surface area contributed by atoms with Crippen LogP contribution in [-0.4, -0.2) is 31.1 Å². The van der Waals surface area contributed by atoms with E-state index >= 15 is 0 Å². The van der Waals surface area contributed by atoms with Crippen LogP contribution in [0.4, 0.5) is 4.39 Å². The van der Waals surface area contributed by atoms with Crippen LogP contribution in [-0.2, 0) is 6.54 Å². The van der Waals surface area contributed by atoms with Crippen molar-refractivity contribution in [2.24, 2.45) is 0 Å². The van der Waals surface area contributed by atoms with Crippen LogP contribution >= 0.6 is 11.6 Å². The molecule has 1 aromatic rings. The normalized spacial score (nSPS) is 20.1. The molecular formula is C13H18ClFN2. The topological polar surface area (TPSA) is 15.3 Å². The summed E-state index contributed by atoms with van der Waals surface area (Å²) in [7, 11) is 2.07. The molecule has 2 rings (SSSR count). The first-order valence-electron chi connectivity index (χ1n) is 6.01. The highest BCUT2D eigenvalue weighted by atomic mass is 35.5. The molecule has 1 aliphatic rings. The van der Waals surface area contributed by atoms with Crippen LogP contribution < -0.4 is 5.32 Å². The lowest BCUT2D eigenvalue weighted by molar-refractivity contribution is 0.293. The standard InChI is InChI=1S/C13H18ClFN2/c1-17(9-12-3-2-6-16-12)8-10-4-5-11(15)7-13(10)14/h4-5,7,12,16H,2-3,6,8-9H2,1H3. The van der Waals surface area contributed by atoms with Crippen molar-refractivity contribution in [2.45, 2.75) is 25.4 Å². The molecule has 1 atom stereocenters. The van der Waals surface area contributed by atoms with Crippen molar-refractivity contribution < 1.29 is 4.39 Å². The Hall–Kier alpha value is -0.640. The van der Waals surface area contributed by atoms with Crippen LogP contribution in [0.5, 0.6) is 0 Å². The molecule has 1 unspecified atom stereocenters. The zero-order valence-corrected chi connectivity index (χ0v) is 10.8. The molecule has 2 nitrogen and oxygen atoms in total. The molecule has 0 bridgehead atoms. The number of halogens is 2. The van der Waals surface area contributed by atoms with Crippen molar-refractivity contribution in [2.75, 3.05) is 20.1 Å². The molecule has 1 aromatic carbocycles. The third-order valence-electron chi connectivity index (χ3n) is 3.15. The van der Waals surface area contributed by atoms with Crippen molar-refractivity contribution in [1.82, 2.24) is 10.2 Å². The van der Waals surface area contributed by atoms with Gasteiger partial charge in [0.2, 0.25) is 0 Å². The van der Waals surface area contributed by atoms with Crippen LogP contribution in [0.25, 0.3) is 0 Å². The van der Waals surface area contributed by atoms with Gasteiger partial charge in [-0.15, -0.1) is 0 Å². The molecule has 1 aliphatic heterocycles. The molecule has 0 aliphatic carbocycles. The molecule has 0 saturated carbocycles. The SMILES string of the molecule is CN(Cc1ccc(F)cc1Cl)CC1CCCN1. The van der Waals surface area contributed by atoms with Gasteiger partial charge in [0.15, 0.2) is 0 Å². The van der Waals surface area contributed by atoms with E-state index < -0.39 is 0 Å². The molecule has 1 saturated heterocycles. The third-order valence-corrected chi connectivity index (χ3v) is 3.50. The maximum atomic E-state index is 12.9. The Labute approximate surface area is 107 Å². The second-order valence-corrected chi connectivity index (χ2v) is 5.13. The van der Waals surface area contributed by atoms with E-state index in [2.05, 4.69) is 17.3 Å². The predicted octanol–water partition coefficient (Wildman–Crippen LogP) is 2.66. The smallest absolute Gasteiger partial charge is 0.124 e. The van der Waals surface area contributed by atoms with Crippen molar-refractivity contribution in [3.05, 3.63) is 34.6 Å². The zero-order chi connectivity index (χ0) is 12.3. The van der Waals surface area contributed by atoms with Gasteiger partial charge in [-0.25, -0.2) is 4.39 Å². The molecule has 0 aromatic heterocycles. The quantitative estimate of drug-likeness (QED) is 0.891. The highest BCUT2D eigenvalue weighted by molar-refractivity contribution is 6.31. The maximum absolute atomic E-state index is 12.9. The first-order valence-corrected chi connectivity index (χ1v) is 6.39. The van der Waals surface area contributed by atoms with Gasteiger partial charge >= 0.3 is 0 Å². The van der Waals surface area contributed by atoms with Gasteiger partial charge in [-0.2, -0.15) is 0 Å². The van der Waals surface area contributed by atoms with E-state index in [0.29, 0.717) is 11.1 Å². The average Bonchev–Trinajstić information content (AvgIpc) is 2.75. The van der Waals surface area contributed by atoms with E-state index in [-0.39, 0.29) is 5.82 Å². The van der Waals surface area contributed by atoms with Crippen LogP contribution in [0, 0.1) is 5.82 Å². The summed E-state index contributed by atoms with van der Waals surface area (Å²) in [6, 6.07) is 5.18. The van der Waals surface area contributed by atoms with E-state index in [0.717, 1.165) is 25.2 Å². The summed E-state index contributed by atoms with van der Waals surface area (Å²) in [6.07, 6.45) is 2.50. The van der Waals surface area contributed by atoms with Gasteiger partial charge in [0.05, 0.1) is 0 Å². The van der Waals surface area contributed by atoms with E-state index in [9.17, 15) is 4.39 Å². The third kappa shape index (κ3) is 3.66. The van der Waals surface area contributed by atoms with Crippen molar-refractivity contribution in [3.8, 4) is 0 Å². The summed E-state index contributed by atoms with van der Waals surface area (Å²) in [6.45, 7) is 2.89. The number of rotatable bonds is 4. The van der Waals surface area contributed by atoms with Gasteiger partial charge in [0, 0.05) is 24.2 Å². The molecular weight excluding hydrogens is 239 g/mol. The predicted molar refractivity (Wildman–Crippen MR) is 68.8 cm³/mol. The van der Waals surface area contributed by atoms with Crippen LogP contribution in [0.1, 0.15) is 18.4 Å². The minimum Gasteiger partial charge on any atom is -0.313 e. The minimum atomic E-state index is -0.279. The van der Waals surface area contributed by atoms with Gasteiger partial charge in [0.25, 0.3) is 0 Å². The largest absolute Gasteiger partial charge is 0.313 e. The first kappa shape index (κ1) is 12.8. The molecule has 0 spiro atoms. The summed E-state index contributed by atoms with van der Waals surface area (Å²) in [5.74, 6) is -0.279. The number of hydrogen-bond donors (Lipinski definition) is 1. The molecule has 4 heteroatoms. The van der Waals surface area contributed by atoms with Crippen molar-refractivity contribution in [1.29, 1.82) is 0 Å². The molecule has 1 heterocycles. The Morgan fingerprint density at radius 1 is 1.53 bits per heavy atom. The van der Waals surface area contributed by atoms with E-state index in [4.69, 9.17) is 11.6 Å². The Morgan fingerprint density at radius 3 is 3.00 bits per heavy atom. The summed E-state index contributed by atoms with van der Waals surface area (Å²) in [5.41, 5.74) is 0.980. The lowest BCUT2D eigenvalue weighted by atomic mass is 10.2. The lowest BCUT2D eigenvalue weighted by Crippen LogP contribution is -2.35. The highest BCUT2D eigenvalue weighted by Gasteiger charge is 2.16. The molecule has 0 radical (unpaired) electrons. The van der Waals surface area contributed by atoms with E-state index in [1.54, 1.807) is 6.07 Å². The van der Waals surface area contributed by atoms with Gasteiger partial charge in [-0.3, -0.25) is 0 Å². The zero-order valence-electron chi connectivity index (χ0n) is 10.0. The van der Waals surface area contributed by atoms with Crippen molar-refractivity contribution >= 4 is 11.6 Å². The summed E-state index contributed by atoms with van der Waals surface area (Å²) in [4.78, 5) is 2.22. The Bertz CT molecular complexity index is 378. The Morgan fingerprint density at radius 2 is 2.35 bits per heavy atom. The second kappa shape index (κ2) is 5.80. The average molecular weight is 257 g/mol. The minimum absolute atomic E-state index is 0.279. The van der Waals surface area contributed by atoms with Gasteiger partial charge < -0.3 is 10.2 Å². The number of benzene rings is 1. The molecule has 17 heavy (non-hydrogen) atoms. The van der Waals surface area contributed by atoms with Gasteiger partial charge in [0.1, 0.15) is 5.82 Å². The van der Waals surface area contributed by atoms with Crippen molar-refractivity contribution in [3.63, 3.8) is 0 Å². The molecule has 94 valence electrons. The number of hydrogen-bond acceptors (Lipinski definition) is 2. The molecule has 1 fully saturated rings. The van der Waals surface area contributed by atoms with Crippen LogP contribution in [0.3, 0.4) is 0 Å². The summed E-state index contributed by atoms with van der Waals surface area (Å²) < 4.78 is 12.9. The number of nitrogens with one attached hydrogen (secondary N) is 1. The monoisotopic (exact) mass is 256 g/mol. The lowest BCUT2D eigenvalue weighted by Gasteiger charge is -2.21. The summed E-state index contributed by atoms with van der Waals surface area (Å²) in [5, 5.41) is 3.97. The Balaban J connectivity index is 1.90. The molecule has 0 amide bonds. The van der Waals surface area contributed by atoms with E-state index in [1.807, 2.05) is 0 Å². The molecule has 1 N–H and O–H groups in total. The fourth-order valence-electron chi connectivity index (χ4n) is 2.29. The fourth-order valence-corrected chi connectivity index (χ4v) is 2.52. The second-order valence-electron chi connectivity index (χ2n) is 4.73. The number of nitrogens with zero attached hydrogens (tertiary/aromatic N) is 1. The van der Waals surface area contributed by atoms with Gasteiger partial charge in [-0.1, -0.05) is 17.7 Å². The van der Waals surface area contributed by atoms with E-state index in [1.165, 1.54) is 25.0 Å². The number of likely N-dealkylation sites (N-methyl/N-ethyl adjacent to an activating group) is 1. The first-order chi connectivity index (χ1) is 8.15. The van der Waals surface area contributed by atoms with Crippen LogP contribution in [0.2, 0.25) is 5.02 Å². The van der Waals surface area contributed by atoms with Gasteiger partial charge in [-0.05, 0) is 44.1 Å². The Kier molecular flexibility index (Phi) is 4.37. The summed E-state index contributed by atoms with van der Waals surface area (Å²) >= 11 is 6.01. The highest BCUT2D eigenvalue weighted by Crippen LogP contribution is 2.19.